The van der Waals surface area contributed by atoms with Crippen LogP contribution in [0.3, 0.4) is 0 Å². The van der Waals surface area contributed by atoms with Gasteiger partial charge < -0.3 is 14.2 Å². The van der Waals surface area contributed by atoms with Gasteiger partial charge in [0.25, 0.3) is 0 Å². The van der Waals surface area contributed by atoms with Crippen molar-refractivity contribution in [2.24, 2.45) is 0 Å². The number of amides is 1. The van der Waals surface area contributed by atoms with Crippen molar-refractivity contribution in [1.82, 2.24) is 9.80 Å². The second-order valence-electron chi connectivity index (χ2n) is 6.33. The maximum Gasteiger partial charge on any atom is 0.337 e. The van der Waals surface area contributed by atoms with Gasteiger partial charge in [-0.1, -0.05) is 0 Å². The van der Waals surface area contributed by atoms with Crippen molar-refractivity contribution in [2.45, 2.75) is 38.5 Å². The van der Waals surface area contributed by atoms with Crippen LogP contribution in [-0.4, -0.2) is 57.2 Å². The maximum atomic E-state index is 12.1. The number of likely N-dealkylation sites (tertiary alicyclic amines) is 1. The predicted octanol–water partition coefficient (Wildman–Crippen LogP) is 1.32. The second kappa shape index (κ2) is 6.31. The van der Waals surface area contributed by atoms with Crippen molar-refractivity contribution in [3.05, 3.63) is 11.3 Å². The maximum absolute atomic E-state index is 12.1. The lowest BCUT2D eigenvalue weighted by molar-refractivity contribution is -0.133. The zero-order valence-electron chi connectivity index (χ0n) is 13.6. The van der Waals surface area contributed by atoms with Gasteiger partial charge in [0.1, 0.15) is 12.1 Å². The van der Waals surface area contributed by atoms with Gasteiger partial charge in [0.15, 0.2) is 5.57 Å². The first-order valence-corrected chi connectivity index (χ1v) is 10.3. The van der Waals surface area contributed by atoms with Crippen LogP contribution in [0.25, 0.3) is 0 Å². The molecule has 0 saturated carbocycles. The summed E-state index contributed by atoms with van der Waals surface area (Å²) < 4.78 is 5.39. The fourth-order valence-electron chi connectivity index (χ4n) is 2.28. The Labute approximate surface area is 127 Å². The van der Waals surface area contributed by atoms with E-state index < -0.39 is 14.3 Å². The Morgan fingerprint density at radius 1 is 1.38 bits per heavy atom. The van der Waals surface area contributed by atoms with Gasteiger partial charge in [0, 0.05) is 26.8 Å². The number of carbonyl (C=O) groups is 2. The van der Waals surface area contributed by atoms with Crippen molar-refractivity contribution < 1.29 is 14.0 Å². The number of rotatable bonds is 3. The highest BCUT2D eigenvalue weighted by atomic mass is 28.4. The number of likely N-dealkylation sites (N-methyl/N-ethyl adjacent to an activating group) is 2. The Balaban J connectivity index is 3.04. The van der Waals surface area contributed by atoms with Crippen molar-refractivity contribution in [2.75, 3.05) is 21.1 Å². The minimum absolute atomic E-state index is 0.0222. The molecule has 1 aliphatic heterocycles. The highest BCUT2D eigenvalue weighted by Crippen LogP contribution is 2.29. The lowest BCUT2D eigenvalue weighted by atomic mass is 10.1. The number of allylic oxidation sites excluding steroid dienone is 1. The molecule has 1 saturated heterocycles. The van der Waals surface area contributed by atoms with Crippen molar-refractivity contribution >= 4 is 20.2 Å². The summed E-state index contributed by atoms with van der Waals surface area (Å²) in [5.41, 5.74) is 0.620. The van der Waals surface area contributed by atoms with Crippen LogP contribution >= 0.6 is 0 Å². The molecule has 0 aliphatic carbocycles. The third-order valence-electron chi connectivity index (χ3n) is 3.28. The van der Waals surface area contributed by atoms with Crippen molar-refractivity contribution in [3.8, 4) is 6.07 Å². The minimum Gasteiger partial charge on any atom is -0.516 e. The van der Waals surface area contributed by atoms with Crippen LogP contribution in [-0.2, 0) is 14.0 Å². The Hall–Kier alpha value is -1.81. The molecule has 1 aliphatic rings. The molecule has 1 atom stereocenters. The highest BCUT2D eigenvalue weighted by Gasteiger charge is 2.36. The van der Waals surface area contributed by atoms with Crippen LogP contribution in [0.5, 0.6) is 0 Å². The van der Waals surface area contributed by atoms with Gasteiger partial charge in [0.2, 0.25) is 14.2 Å². The quantitative estimate of drug-likeness (QED) is 0.447. The third kappa shape index (κ3) is 4.08. The summed E-state index contributed by atoms with van der Waals surface area (Å²) in [5, 5.41) is 9.29. The summed E-state index contributed by atoms with van der Waals surface area (Å²) in [6, 6.07) is 1.62. The first-order chi connectivity index (χ1) is 9.58. The molecule has 7 heteroatoms. The van der Waals surface area contributed by atoms with Crippen molar-refractivity contribution in [1.29, 1.82) is 5.26 Å². The molecule has 0 aromatic rings. The molecular formula is C14H23N3O3Si. The van der Waals surface area contributed by atoms with Gasteiger partial charge in [-0.15, -0.1) is 0 Å². The average molecular weight is 309 g/mol. The van der Waals surface area contributed by atoms with Gasteiger partial charge in [-0.2, -0.15) is 5.26 Å². The summed E-state index contributed by atoms with van der Waals surface area (Å²) in [4.78, 5) is 27.5. The van der Waals surface area contributed by atoms with Crippen LogP contribution < -0.4 is 0 Å². The Morgan fingerprint density at radius 3 is 2.38 bits per heavy atom. The average Bonchev–Trinajstić information content (AvgIpc) is 2.69. The lowest BCUT2D eigenvalue weighted by Gasteiger charge is -2.25. The van der Waals surface area contributed by atoms with Gasteiger partial charge in [-0.3, -0.25) is 4.79 Å². The molecule has 6 nitrogen and oxygen atoms in total. The molecule has 0 aromatic heterocycles. The van der Waals surface area contributed by atoms with E-state index in [2.05, 4.69) is 0 Å². The zero-order valence-corrected chi connectivity index (χ0v) is 14.6. The first-order valence-electron chi connectivity index (χ1n) is 6.89. The number of nitriles is 1. The van der Waals surface area contributed by atoms with E-state index in [1.165, 1.54) is 4.90 Å². The van der Waals surface area contributed by atoms with Crippen LogP contribution in [0.15, 0.2) is 11.3 Å². The normalized spacial score (nSPS) is 20.8. The van der Waals surface area contributed by atoms with Crippen LogP contribution in [0.2, 0.25) is 19.6 Å². The number of nitrogens with zero attached hydrogens (tertiary/aromatic N) is 3. The molecule has 1 heterocycles. The van der Waals surface area contributed by atoms with E-state index in [1.807, 2.05) is 25.7 Å². The van der Waals surface area contributed by atoms with Gasteiger partial charge in [-0.25, -0.2) is 4.79 Å². The standard InChI is InChI=1S/C14H23N3O3Si/c1-16(2)13(18)12-8-7-11(17(12)3)10(9-15)14(19)20-21(4,5)6/h12H,7-8H2,1-6H3/b11-10-. The number of hydrogen-bond acceptors (Lipinski definition) is 5. The molecule has 0 bridgehead atoms. The summed E-state index contributed by atoms with van der Waals surface area (Å²) in [5.74, 6) is -0.597. The van der Waals surface area contributed by atoms with Gasteiger partial charge in [-0.05, 0) is 32.5 Å². The Bertz CT molecular complexity index is 515. The summed E-state index contributed by atoms with van der Waals surface area (Å²) in [7, 11) is 3.08. The monoisotopic (exact) mass is 309 g/mol. The second-order valence-corrected chi connectivity index (χ2v) is 10.8. The molecule has 21 heavy (non-hydrogen) atoms. The molecule has 116 valence electrons. The topological polar surface area (TPSA) is 73.6 Å². The van der Waals surface area contributed by atoms with Crippen LogP contribution in [0, 0.1) is 11.3 Å². The Morgan fingerprint density at radius 2 is 1.95 bits per heavy atom. The molecule has 1 rings (SSSR count). The minimum atomic E-state index is -2.06. The highest BCUT2D eigenvalue weighted by molar-refractivity contribution is 6.71. The number of carbonyl (C=O) groups excluding carboxylic acids is 2. The molecule has 0 N–H and O–H groups in total. The Kier molecular flexibility index (Phi) is 5.18. The fraction of sp³-hybridized carbons (Fsp3) is 0.643. The lowest BCUT2D eigenvalue weighted by Crippen LogP contribution is -2.40. The van der Waals surface area contributed by atoms with Crippen LogP contribution in [0.1, 0.15) is 12.8 Å². The largest absolute Gasteiger partial charge is 0.516 e. The van der Waals surface area contributed by atoms with Crippen molar-refractivity contribution in [3.63, 3.8) is 0 Å². The van der Waals surface area contributed by atoms with E-state index in [-0.39, 0.29) is 17.5 Å². The van der Waals surface area contributed by atoms with E-state index in [9.17, 15) is 14.9 Å². The SMILES string of the molecule is CN(C)C(=O)C1CC/C(=C(\C#N)C(=O)O[Si](C)(C)C)N1C. The summed E-state index contributed by atoms with van der Waals surface area (Å²) in [6.45, 7) is 5.67. The zero-order chi connectivity index (χ0) is 16.4. The molecule has 1 fully saturated rings. The fourth-order valence-corrected chi connectivity index (χ4v) is 2.94. The molecular weight excluding hydrogens is 286 g/mol. The molecule has 0 radical (unpaired) electrons. The number of hydrogen-bond donors (Lipinski definition) is 0. The summed E-state index contributed by atoms with van der Waals surface area (Å²) in [6.07, 6.45) is 1.14. The smallest absolute Gasteiger partial charge is 0.337 e. The molecule has 1 amide bonds. The van der Waals surface area contributed by atoms with E-state index in [1.54, 1.807) is 26.0 Å². The molecule has 0 aromatic carbocycles. The first kappa shape index (κ1) is 17.2. The van der Waals surface area contributed by atoms with Gasteiger partial charge >= 0.3 is 5.97 Å². The van der Waals surface area contributed by atoms with E-state index in [0.29, 0.717) is 18.5 Å². The predicted molar refractivity (Wildman–Crippen MR) is 81.6 cm³/mol. The van der Waals surface area contributed by atoms with E-state index >= 15 is 0 Å². The van der Waals surface area contributed by atoms with Crippen LogP contribution in [0.4, 0.5) is 0 Å². The van der Waals surface area contributed by atoms with E-state index in [0.717, 1.165) is 0 Å². The van der Waals surface area contributed by atoms with Gasteiger partial charge in [0.05, 0.1) is 0 Å². The van der Waals surface area contributed by atoms with E-state index in [4.69, 9.17) is 4.43 Å². The molecule has 1 unspecified atom stereocenters. The third-order valence-corrected chi connectivity index (χ3v) is 4.07. The summed E-state index contributed by atoms with van der Waals surface area (Å²) >= 11 is 0. The molecule has 0 spiro atoms.